The molecule has 0 aliphatic rings. The molecule has 1 rings (SSSR count). The molecule has 0 radical (unpaired) electrons. The summed E-state index contributed by atoms with van der Waals surface area (Å²) in [6.45, 7) is 2.78. The second-order valence-corrected chi connectivity index (χ2v) is 5.62. The molecule has 0 spiro atoms. The number of aliphatic hydroxyl groups excluding tert-OH is 1. The molecule has 0 unspecified atom stereocenters. The van der Waals surface area contributed by atoms with Crippen LogP contribution in [0.1, 0.15) is 43.0 Å². The lowest BCUT2D eigenvalue weighted by Crippen LogP contribution is -2.35. The summed E-state index contributed by atoms with van der Waals surface area (Å²) in [6.07, 6.45) is 4.14. The van der Waals surface area contributed by atoms with Crippen molar-refractivity contribution in [2.24, 2.45) is 0 Å². The summed E-state index contributed by atoms with van der Waals surface area (Å²) in [4.78, 5) is 13.8. The van der Waals surface area contributed by atoms with E-state index in [2.05, 4.69) is 22.9 Å². The van der Waals surface area contributed by atoms with Gasteiger partial charge in [-0.25, -0.2) is 4.39 Å². The summed E-state index contributed by atoms with van der Waals surface area (Å²) in [5.74, 6) is -0.899. The highest BCUT2D eigenvalue weighted by atomic mass is 79.9. The van der Waals surface area contributed by atoms with Crippen LogP contribution in [-0.2, 0) is 0 Å². The molecule has 20 heavy (non-hydrogen) atoms. The van der Waals surface area contributed by atoms with E-state index in [0.29, 0.717) is 11.0 Å². The van der Waals surface area contributed by atoms with Crippen LogP contribution in [0.25, 0.3) is 0 Å². The first-order chi connectivity index (χ1) is 9.60. The third kappa shape index (κ3) is 5.21. The average molecular weight is 346 g/mol. The molecule has 0 aromatic heterocycles. The van der Waals surface area contributed by atoms with Crippen molar-refractivity contribution in [2.75, 3.05) is 19.7 Å². The second kappa shape index (κ2) is 9.08. The molecule has 0 fully saturated rings. The predicted octanol–water partition coefficient (Wildman–Crippen LogP) is 3.60. The zero-order valence-electron chi connectivity index (χ0n) is 11.7. The Kier molecular flexibility index (Phi) is 7.77. The van der Waals surface area contributed by atoms with Crippen molar-refractivity contribution in [3.05, 3.63) is 34.1 Å². The molecule has 1 aromatic carbocycles. The number of unbranched alkanes of at least 4 members (excludes halogenated alkanes) is 3. The SMILES string of the molecule is CCCCCCN(CCO)C(=O)c1cc(Br)ccc1F. The van der Waals surface area contributed by atoms with Gasteiger partial charge in [-0.3, -0.25) is 4.79 Å². The van der Waals surface area contributed by atoms with Gasteiger partial charge < -0.3 is 10.0 Å². The molecule has 0 aliphatic heterocycles. The van der Waals surface area contributed by atoms with E-state index in [1.165, 1.54) is 17.0 Å². The minimum atomic E-state index is -0.533. The van der Waals surface area contributed by atoms with Crippen LogP contribution in [0.15, 0.2) is 22.7 Å². The maximum absolute atomic E-state index is 13.7. The quantitative estimate of drug-likeness (QED) is 0.731. The summed E-state index contributed by atoms with van der Waals surface area (Å²) in [5, 5.41) is 9.06. The molecule has 0 atom stereocenters. The minimum Gasteiger partial charge on any atom is -0.395 e. The van der Waals surface area contributed by atoms with Gasteiger partial charge in [0.15, 0.2) is 0 Å². The molecule has 0 heterocycles. The van der Waals surface area contributed by atoms with Crippen LogP contribution in [0.4, 0.5) is 4.39 Å². The van der Waals surface area contributed by atoms with Gasteiger partial charge in [-0.2, -0.15) is 0 Å². The Labute approximate surface area is 127 Å². The fourth-order valence-electron chi connectivity index (χ4n) is 2.00. The standard InChI is InChI=1S/C15H21BrFNO2/c1-2-3-4-5-8-18(9-10-19)15(20)13-11-12(16)6-7-14(13)17/h6-7,11,19H,2-5,8-10H2,1H3. The summed E-state index contributed by atoms with van der Waals surface area (Å²) < 4.78 is 14.4. The maximum Gasteiger partial charge on any atom is 0.256 e. The smallest absolute Gasteiger partial charge is 0.256 e. The van der Waals surface area contributed by atoms with E-state index >= 15 is 0 Å². The molecule has 0 aliphatic carbocycles. The predicted molar refractivity (Wildman–Crippen MR) is 81.2 cm³/mol. The van der Waals surface area contributed by atoms with E-state index in [1.54, 1.807) is 6.07 Å². The van der Waals surface area contributed by atoms with Crippen molar-refractivity contribution >= 4 is 21.8 Å². The Morgan fingerprint density at radius 3 is 2.70 bits per heavy atom. The Balaban J connectivity index is 2.74. The Bertz CT molecular complexity index is 440. The van der Waals surface area contributed by atoms with E-state index in [4.69, 9.17) is 5.11 Å². The van der Waals surface area contributed by atoms with Crippen LogP contribution in [0.3, 0.4) is 0 Å². The van der Waals surface area contributed by atoms with E-state index in [9.17, 15) is 9.18 Å². The van der Waals surface area contributed by atoms with Gasteiger partial charge in [0.2, 0.25) is 0 Å². The number of benzene rings is 1. The molecule has 3 nitrogen and oxygen atoms in total. The van der Waals surface area contributed by atoms with Crippen molar-refractivity contribution in [2.45, 2.75) is 32.6 Å². The molecule has 5 heteroatoms. The van der Waals surface area contributed by atoms with Crippen LogP contribution < -0.4 is 0 Å². The lowest BCUT2D eigenvalue weighted by Gasteiger charge is -2.22. The fraction of sp³-hybridized carbons (Fsp3) is 0.533. The van der Waals surface area contributed by atoms with Crippen LogP contribution in [0.2, 0.25) is 0 Å². The van der Waals surface area contributed by atoms with Gasteiger partial charge in [-0.1, -0.05) is 42.1 Å². The Morgan fingerprint density at radius 2 is 2.05 bits per heavy atom. The van der Waals surface area contributed by atoms with Crippen molar-refractivity contribution in [1.29, 1.82) is 0 Å². The Hall–Kier alpha value is -0.940. The van der Waals surface area contributed by atoms with E-state index < -0.39 is 5.82 Å². The van der Waals surface area contributed by atoms with Crippen LogP contribution in [-0.4, -0.2) is 35.6 Å². The van der Waals surface area contributed by atoms with Gasteiger partial charge in [0.25, 0.3) is 5.91 Å². The molecule has 0 saturated heterocycles. The first kappa shape index (κ1) is 17.1. The lowest BCUT2D eigenvalue weighted by molar-refractivity contribution is 0.0713. The maximum atomic E-state index is 13.7. The van der Waals surface area contributed by atoms with Gasteiger partial charge in [0, 0.05) is 17.6 Å². The zero-order chi connectivity index (χ0) is 15.0. The molecule has 1 N–H and O–H groups in total. The summed E-state index contributed by atoms with van der Waals surface area (Å²) >= 11 is 3.24. The lowest BCUT2D eigenvalue weighted by atomic mass is 10.1. The largest absolute Gasteiger partial charge is 0.395 e. The van der Waals surface area contributed by atoms with E-state index in [1.807, 2.05) is 0 Å². The molecule has 0 bridgehead atoms. The van der Waals surface area contributed by atoms with Gasteiger partial charge in [-0.05, 0) is 24.6 Å². The third-order valence-electron chi connectivity index (χ3n) is 3.10. The molecule has 112 valence electrons. The molecule has 1 amide bonds. The van der Waals surface area contributed by atoms with Gasteiger partial charge in [0.1, 0.15) is 5.82 Å². The number of rotatable bonds is 8. The van der Waals surface area contributed by atoms with Crippen molar-refractivity contribution in [3.8, 4) is 0 Å². The summed E-state index contributed by atoms with van der Waals surface area (Å²) in [5.41, 5.74) is 0.0447. The summed E-state index contributed by atoms with van der Waals surface area (Å²) in [7, 11) is 0. The average Bonchev–Trinajstić information content (AvgIpc) is 2.44. The fourth-order valence-corrected chi connectivity index (χ4v) is 2.36. The number of amides is 1. The summed E-state index contributed by atoms with van der Waals surface area (Å²) in [6, 6.07) is 4.31. The first-order valence-corrected chi connectivity index (χ1v) is 7.74. The monoisotopic (exact) mass is 345 g/mol. The van der Waals surface area contributed by atoms with E-state index in [-0.39, 0.29) is 24.6 Å². The first-order valence-electron chi connectivity index (χ1n) is 6.95. The number of carbonyl (C=O) groups excluding carboxylic acids is 1. The number of nitrogens with zero attached hydrogens (tertiary/aromatic N) is 1. The number of carbonyl (C=O) groups is 1. The van der Waals surface area contributed by atoms with Crippen LogP contribution >= 0.6 is 15.9 Å². The molecular formula is C15H21BrFNO2. The number of halogens is 2. The van der Waals surface area contributed by atoms with Crippen molar-refractivity contribution < 1.29 is 14.3 Å². The van der Waals surface area contributed by atoms with Gasteiger partial charge >= 0.3 is 0 Å². The number of hydrogen-bond donors (Lipinski definition) is 1. The van der Waals surface area contributed by atoms with E-state index in [0.717, 1.165) is 25.7 Å². The molecule has 1 aromatic rings. The highest BCUT2D eigenvalue weighted by Gasteiger charge is 2.18. The number of aliphatic hydroxyl groups is 1. The highest BCUT2D eigenvalue weighted by molar-refractivity contribution is 9.10. The normalized spacial score (nSPS) is 10.6. The minimum absolute atomic E-state index is 0.0447. The van der Waals surface area contributed by atoms with Crippen LogP contribution in [0.5, 0.6) is 0 Å². The zero-order valence-corrected chi connectivity index (χ0v) is 13.3. The molecular weight excluding hydrogens is 325 g/mol. The number of hydrogen-bond acceptors (Lipinski definition) is 2. The second-order valence-electron chi connectivity index (χ2n) is 4.70. The van der Waals surface area contributed by atoms with Crippen molar-refractivity contribution in [1.82, 2.24) is 4.90 Å². The van der Waals surface area contributed by atoms with Gasteiger partial charge in [0.05, 0.1) is 12.2 Å². The third-order valence-corrected chi connectivity index (χ3v) is 3.59. The Morgan fingerprint density at radius 1 is 1.30 bits per heavy atom. The van der Waals surface area contributed by atoms with Crippen molar-refractivity contribution in [3.63, 3.8) is 0 Å². The topological polar surface area (TPSA) is 40.5 Å². The highest BCUT2D eigenvalue weighted by Crippen LogP contribution is 2.17. The van der Waals surface area contributed by atoms with Gasteiger partial charge in [-0.15, -0.1) is 0 Å². The van der Waals surface area contributed by atoms with Crippen LogP contribution in [0, 0.1) is 5.82 Å². The molecule has 0 saturated carbocycles.